The first kappa shape index (κ1) is 21.5. The summed E-state index contributed by atoms with van der Waals surface area (Å²) in [6, 6.07) is 20.5. The molecule has 8 heteroatoms. The highest BCUT2D eigenvalue weighted by molar-refractivity contribution is 5.81. The van der Waals surface area contributed by atoms with Crippen LogP contribution < -0.4 is 10.5 Å². The zero-order chi connectivity index (χ0) is 22.7. The number of carboxylic acid groups (broad SMARTS) is 1. The number of ether oxygens (including phenoxy) is 1. The molecule has 4 N–H and O–H groups in total. The van der Waals surface area contributed by atoms with Crippen molar-refractivity contribution in [1.82, 2.24) is 5.32 Å². The van der Waals surface area contributed by atoms with Crippen LogP contribution >= 0.6 is 0 Å². The second-order valence-corrected chi connectivity index (χ2v) is 7.57. The fourth-order valence-corrected chi connectivity index (χ4v) is 4.05. The minimum Gasteiger partial charge on any atom is -0.595 e. The van der Waals surface area contributed by atoms with Crippen molar-refractivity contribution in [2.45, 2.75) is 18.4 Å². The molecule has 4 rings (SSSR count). The number of carboxylic acids is 1. The third-order valence-electron chi connectivity index (χ3n) is 5.55. The van der Waals surface area contributed by atoms with E-state index in [9.17, 15) is 19.9 Å². The van der Waals surface area contributed by atoms with Gasteiger partial charge in [0.2, 0.25) is 0 Å². The summed E-state index contributed by atoms with van der Waals surface area (Å²) >= 11 is 0. The molecule has 1 aliphatic rings. The number of amides is 1. The highest BCUT2D eigenvalue weighted by Gasteiger charge is 2.29. The third kappa shape index (κ3) is 4.47. The van der Waals surface area contributed by atoms with Gasteiger partial charge in [0, 0.05) is 24.5 Å². The number of alkyl carbamates (subject to hydrolysis) is 1. The summed E-state index contributed by atoms with van der Waals surface area (Å²) in [6.07, 6.45) is -0.908. The van der Waals surface area contributed by atoms with Crippen molar-refractivity contribution < 1.29 is 29.9 Å². The van der Waals surface area contributed by atoms with E-state index in [1.54, 1.807) is 6.07 Å². The molecular weight excluding hydrogens is 412 g/mol. The monoisotopic (exact) mass is 434 g/mol. The van der Waals surface area contributed by atoms with Gasteiger partial charge >= 0.3 is 12.1 Å². The Morgan fingerprint density at radius 1 is 1.00 bits per heavy atom. The van der Waals surface area contributed by atoms with Crippen LogP contribution in [0, 0.1) is 5.21 Å². The molecule has 0 saturated heterocycles. The Hall–Kier alpha value is -3.72. The fraction of sp³-hybridized carbons (Fsp3) is 0.167. The Kier molecular flexibility index (Phi) is 6.18. The zero-order valence-corrected chi connectivity index (χ0v) is 17.0. The van der Waals surface area contributed by atoms with E-state index in [2.05, 4.69) is 5.32 Å². The maximum Gasteiger partial charge on any atom is 0.407 e. The van der Waals surface area contributed by atoms with E-state index in [4.69, 9.17) is 9.94 Å². The molecule has 164 valence electrons. The molecular formula is C24H22N2O6. The first-order valence-corrected chi connectivity index (χ1v) is 10.1. The quantitative estimate of drug-likeness (QED) is 0.424. The zero-order valence-electron chi connectivity index (χ0n) is 17.0. The molecule has 2 unspecified atom stereocenters. The minimum absolute atomic E-state index is 0.0489. The fourth-order valence-electron chi connectivity index (χ4n) is 4.05. The molecule has 3 aromatic rings. The third-order valence-corrected chi connectivity index (χ3v) is 5.55. The molecule has 3 aromatic carbocycles. The molecule has 0 bridgehead atoms. The van der Waals surface area contributed by atoms with Crippen molar-refractivity contribution >= 4 is 17.7 Å². The average Bonchev–Trinajstić information content (AvgIpc) is 3.11. The number of nitrogens with one attached hydrogen (secondary N) is 2. The van der Waals surface area contributed by atoms with Crippen LogP contribution in [0.5, 0.6) is 0 Å². The van der Waals surface area contributed by atoms with E-state index >= 15 is 0 Å². The molecule has 0 aliphatic heterocycles. The van der Waals surface area contributed by atoms with Crippen LogP contribution in [-0.4, -0.2) is 35.0 Å². The van der Waals surface area contributed by atoms with Gasteiger partial charge in [-0.2, -0.15) is 5.23 Å². The van der Waals surface area contributed by atoms with Gasteiger partial charge in [-0.3, -0.25) is 0 Å². The molecule has 0 fully saturated rings. The maximum absolute atomic E-state index is 12.4. The Morgan fingerprint density at radius 3 is 2.22 bits per heavy atom. The molecule has 1 amide bonds. The first-order valence-electron chi connectivity index (χ1n) is 10.1. The summed E-state index contributed by atoms with van der Waals surface area (Å²) in [4.78, 5) is 24.1. The van der Waals surface area contributed by atoms with E-state index in [-0.39, 0.29) is 24.6 Å². The Morgan fingerprint density at radius 2 is 1.62 bits per heavy atom. The van der Waals surface area contributed by atoms with E-state index in [1.165, 1.54) is 18.2 Å². The smallest absolute Gasteiger partial charge is 0.407 e. The number of fused-ring (bicyclic) bond motifs is 3. The lowest BCUT2D eigenvalue weighted by molar-refractivity contribution is -0.991. The van der Waals surface area contributed by atoms with Crippen molar-refractivity contribution in [1.29, 1.82) is 0 Å². The highest BCUT2D eigenvalue weighted by Crippen LogP contribution is 2.44. The number of benzene rings is 3. The molecule has 0 heterocycles. The lowest BCUT2D eigenvalue weighted by Gasteiger charge is -2.18. The molecule has 2 atom stereocenters. The molecule has 0 spiro atoms. The van der Waals surface area contributed by atoms with Gasteiger partial charge in [-0.1, -0.05) is 60.7 Å². The summed E-state index contributed by atoms with van der Waals surface area (Å²) in [7, 11) is 0. The van der Waals surface area contributed by atoms with Crippen molar-refractivity contribution in [2.75, 3.05) is 6.61 Å². The lowest BCUT2D eigenvalue weighted by Crippen LogP contribution is -2.99. The normalized spacial score (nSPS) is 14.2. The topological polar surface area (TPSA) is 123 Å². The van der Waals surface area contributed by atoms with E-state index in [1.807, 2.05) is 48.5 Å². The van der Waals surface area contributed by atoms with Crippen LogP contribution in [0.25, 0.3) is 11.1 Å². The number of carbonyl (C=O) groups excluding carboxylic acids is 1. The number of aliphatic carboxylic acids is 1. The predicted molar refractivity (Wildman–Crippen MR) is 116 cm³/mol. The molecule has 1 aliphatic carbocycles. The summed E-state index contributed by atoms with van der Waals surface area (Å²) in [5, 5.41) is 31.0. The van der Waals surface area contributed by atoms with Crippen LogP contribution in [0.3, 0.4) is 0 Å². The van der Waals surface area contributed by atoms with E-state index in [0.717, 1.165) is 22.3 Å². The lowest BCUT2D eigenvalue weighted by atomic mass is 9.98. The van der Waals surface area contributed by atoms with Crippen molar-refractivity contribution in [3.63, 3.8) is 0 Å². The average molecular weight is 434 g/mol. The number of rotatable bonds is 7. The van der Waals surface area contributed by atoms with Gasteiger partial charge in [0.1, 0.15) is 12.6 Å². The van der Waals surface area contributed by atoms with Gasteiger partial charge in [-0.05, 0) is 27.8 Å². The van der Waals surface area contributed by atoms with Gasteiger partial charge < -0.3 is 20.4 Å². The summed E-state index contributed by atoms with van der Waals surface area (Å²) in [5.41, 5.74) is 4.84. The van der Waals surface area contributed by atoms with E-state index < -0.39 is 23.3 Å². The standard InChI is InChI=1S/C24H22N2O6/c27-23(28)22(13-15-6-5-7-16(12-15)26(30)31)25-24(29)32-14-21-19-10-3-1-8-17(19)18-9-2-4-11-20(18)21/h1-12,21-22,26,30H,13-14H2,(H,25,29)(H,27,28). The number of hydrogen-bond acceptors (Lipinski definition) is 5. The Labute approximate surface area is 184 Å². The van der Waals surface area contributed by atoms with Crippen molar-refractivity contribution in [3.05, 3.63) is 94.7 Å². The Bertz CT molecular complexity index is 1100. The second kappa shape index (κ2) is 9.19. The molecule has 0 saturated carbocycles. The molecule has 32 heavy (non-hydrogen) atoms. The van der Waals surface area contributed by atoms with Crippen LogP contribution in [-0.2, 0) is 16.0 Å². The van der Waals surface area contributed by atoms with E-state index in [0.29, 0.717) is 5.56 Å². The first-order chi connectivity index (χ1) is 15.4. The van der Waals surface area contributed by atoms with Crippen LogP contribution in [0.2, 0.25) is 0 Å². The van der Waals surface area contributed by atoms with Crippen LogP contribution in [0.1, 0.15) is 22.6 Å². The van der Waals surface area contributed by atoms with Gasteiger partial charge in [-0.15, -0.1) is 0 Å². The number of carbonyl (C=O) groups is 2. The van der Waals surface area contributed by atoms with Crippen LogP contribution in [0.4, 0.5) is 10.5 Å². The maximum atomic E-state index is 12.4. The van der Waals surface area contributed by atoms with Crippen molar-refractivity contribution in [3.8, 4) is 11.1 Å². The summed E-state index contributed by atoms with van der Waals surface area (Å²) in [6.45, 7) is 0.0701. The second-order valence-electron chi connectivity index (χ2n) is 7.57. The van der Waals surface area contributed by atoms with Gasteiger partial charge in [0.05, 0.1) is 0 Å². The highest BCUT2D eigenvalue weighted by atomic mass is 16.8. The van der Waals surface area contributed by atoms with Crippen LogP contribution in [0.15, 0.2) is 72.8 Å². The molecule has 8 nitrogen and oxygen atoms in total. The SMILES string of the molecule is O=C(NC(Cc1cccc([NH+]([O-])O)c1)C(=O)O)OCC1c2ccccc2-c2ccccc21. The van der Waals surface area contributed by atoms with Gasteiger partial charge in [0.25, 0.3) is 0 Å². The molecule has 0 radical (unpaired) electrons. The van der Waals surface area contributed by atoms with Crippen molar-refractivity contribution in [2.24, 2.45) is 0 Å². The molecule has 0 aromatic heterocycles. The Balaban J connectivity index is 1.43. The van der Waals surface area contributed by atoms with Gasteiger partial charge in [0.15, 0.2) is 5.69 Å². The number of quaternary nitrogens is 1. The summed E-state index contributed by atoms with van der Waals surface area (Å²) in [5.74, 6) is -1.37. The number of hydrogen-bond donors (Lipinski definition) is 4. The predicted octanol–water partition coefficient (Wildman–Crippen LogP) is 2.62. The minimum atomic E-state index is -1.25. The van der Waals surface area contributed by atoms with Gasteiger partial charge in [-0.25, -0.2) is 14.8 Å². The summed E-state index contributed by atoms with van der Waals surface area (Å²) < 4.78 is 5.41. The largest absolute Gasteiger partial charge is 0.595 e.